The van der Waals surface area contributed by atoms with Crippen LogP contribution < -0.4 is 20.7 Å². The Kier molecular flexibility index (Phi) is 11.7. The van der Waals surface area contributed by atoms with Crippen LogP contribution in [-0.4, -0.2) is 58.4 Å². The summed E-state index contributed by atoms with van der Waals surface area (Å²) in [4.78, 5) is 16.6. The Morgan fingerprint density at radius 1 is 1.04 bits per heavy atom. The Labute approximate surface area is 156 Å². The van der Waals surface area contributed by atoms with E-state index in [1.165, 1.54) is 0 Å². The van der Waals surface area contributed by atoms with E-state index in [0.29, 0.717) is 18.7 Å². The minimum atomic E-state index is -0.104. The van der Waals surface area contributed by atoms with Crippen LogP contribution in [0.4, 0.5) is 0 Å². The highest BCUT2D eigenvalue weighted by Gasteiger charge is 2.05. The summed E-state index contributed by atoms with van der Waals surface area (Å²) >= 11 is 0. The molecule has 146 valence electrons. The van der Waals surface area contributed by atoms with E-state index in [-0.39, 0.29) is 5.91 Å². The lowest BCUT2D eigenvalue weighted by atomic mass is 10.2. The molecule has 0 radical (unpaired) electrons. The van der Waals surface area contributed by atoms with Gasteiger partial charge in [-0.15, -0.1) is 0 Å². The zero-order chi connectivity index (χ0) is 19.0. The van der Waals surface area contributed by atoms with Gasteiger partial charge in [-0.2, -0.15) is 0 Å². The van der Waals surface area contributed by atoms with Crippen molar-refractivity contribution in [2.24, 2.45) is 4.99 Å². The third kappa shape index (κ3) is 9.27. The number of amides is 1. The van der Waals surface area contributed by atoms with Gasteiger partial charge in [0.05, 0.1) is 7.11 Å². The molecule has 0 heterocycles. The molecule has 0 atom stereocenters. The highest BCUT2D eigenvalue weighted by atomic mass is 16.5. The Bertz CT molecular complexity index is 532. The summed E-state index contributed by atoms with van der Waals surface area (Å²) in [6, 6.07) is 7.04. The molecular formula is C19H32N4O3. The molecule has 0 bridgehead atoms. The maximum Gasteiger partial charge on any atom is 0.251 e. The van der Waals surface area contributed by atoms with Gasteiger partial charge < -0.3 is 25.4 Å². The minimum Gasteiger partial charge on any atom is -0.497 e. The van der Waals surface area contributed by atoms with Gasteiger partial charge in [0.1, 0.15) is 5.75 Å². The molecule has 0 saturated carbocycles. The molecule has 1 amide bonds. The van der Waals surface area contributed by atoms with E-state index < -0.39 is 0 Å². The highest BCUT2D eigenvalue weighted by molar-refractivity contribution is 5.94. The van der Waals surface area contributed by atoms with Crippen LogP contribution in [0.3, 0.4) is 0 Å². The number of unbranched alkanes of at least 4 members (excludes halogenated alkanes) is 1. The smallest absolute Gasteiger partial charge is 0.251 e. The number of hydrogen-bond acceptors (Lipinski definition) is 4. The van der Waals surface area contributed by atoms with E-state index in [2.05, 4.69) is 20.9 Å². The van der Waals surface area contributed by atoms with Crippen molar-refractivity contribution in [2.45, 2.75) is 26.7 Å². The monoisotopic (exact) mass is 364 g/mol. The molecule has 7 nitrogen and oxygen atoms in total. The molecule has 3 N–H and O–H groups in total. The summed E-state index contributed by atoms with van der Waals surface area (Å²) in [5.41, 5.74) is 0.612. The summed E-state index contributed by atoms with van der Waals surface area (Å²) < 4.78 is 10.4. The Balaban J connectivity index is 2.27. The third-order valence-corrected chi connectivity index (χ3v) is 3.57. The Hall–Kier alpha value is -2.28. The molecule has 0 aliphatic heterocycles. The van der Waals surface area contributed by atoms with Gasteiger partial charge in [-0.05, 0) is 51.0 Å². The number of aliphatic imine (C=N–C) groups is 1. The zero-order valence-corrected chi connectivity index (χ0v) is 16.1. The van der Waals surface area contributed by atoms with Gasteiger partial charge in [0, 0.05) is 45.0 Å². The fourth-order valence-corrected chi connectivity index (χ4v) is 2.19. The van der Waals surface area contributed by atoms with E-state index >= 15 is 0 Å². The molecule has 0 spiro atoms. The summed E-state index contributed by atoms with van der Waals surface area (Å²) in [7, 11) is 1.60. The topological polar surface area (TPSA) is 84.0 Å². The van der Waals surface area contributed by atoms with Crippen molar-refractivity contribution >= 4 is 11.9 Å². The summed E-state index contributed by atoms with van der Waals surface area (Å²) in [6.07, 6.45) is 2.00. The SMILES string of the molecule is CCNC(=NCCCCOCC)NCCNC(=O)c1ccc(OC)cc1. The van der Waals surface area contributed by atoms with Crippen LogP contribution >= 0.6 is 0 Å². The number of benzene rings is 1. The first-order chi connectivity index (χ1) is 12.7. The second-order valence-corrected chi connectivity index (χ2v) is 5.58. The molecule has 1 aromatic rings. The molecule has 0 aliphatic carbocycles. The first-order valence-corrected chi connectivity index (χ1v) is 9.23. The third-order valence-electron chi connectivity index (χ3n) is 3.57. The quantitative estimate of drug-likeness (QED) is 0.299. The lowest BCUT2D eigenvalue weighted by Gasteiger charge is -2.12. The average molecular weight is 364 g/mol. The van der Waals surface area contributed by atoms with Crippen LogP contribution in [0.1, 0.15) is 37.0 Å². The number of nitrogens with one attached hydrogen (secondary N) is 3. The Morgan fingerprint density at radius 2 is 1.77 bits per heavy atom. The lowest BCUT2D eigenvalue weighted by molar-refractivity contribution is 0.0954. The van der Waals surface area contributed by atoms with Crippen LogP contribution in [0.25, 0.3) is 0 Å². The molecule has 7 heteroatoms. The second-order valence-electron chi connectivity index (χ2n) is 5.58. The molecule has 0 aliphatic rings. The minimum absolute atomic E-state index is 0.104. The summed E-state index contributed by atoms with van der Waals surface area (Å²) in [5, 5.41) is 9.30. The van der Waals surface area contributed by atoms with Crippen LogP contribution in [0.5, 0.6) is 5.75 Å². The fourth-order valence-electron chi connectivity index (χ4n) is 2.19. The normalized spacial score (nSPS) is 11.1. The molecule has 0 fully saturated rings. The maximum absolute atomic E-state index is 12.1. The Morgan fingerprint density at radius 3 is 2.42 bits per heavy atom. The second kappa shape index (κ2) is 13.9. The lowest BCUT2D eigenvalue weighted by Crippen LogP contribution is -2.41. The van der Waals surface area contributed by atoms with Gasteiger partial charge in [0.15, 0.2) is 5.96 Å². The molecule has 1 rings (SSSR count). The van der Waals surface area contributed by atoms with Crippen molar-refractivity contribution in [1.29, 1.82) is 0 Å². The molecule has 26 heavy (non-hydrogen) atoms. The summed E-state index contributed by atoms with van der Waals surface area (Å²) in [5.74, 6) is 1.39. The van der Waals surface area contributed by atoms with Crippen LogP contribution in [0.15, 0.2) is 29.3 Å². The first-order valence-electron chi connectivity index (χ1n) is 9.23. The zero-order valence-electron chi connectivity index (χ0n) is 16.1. The number of hydrogen-bond donors (Lipinski definition) is 3. The van der Waals surface area contributed by atoms with Crippen molar-refractivity contribution in [2.75, 3.05) is 46.5 Å². The summed E-state index contributed by atoms with van der Waals surface area (Å²) in [6.45, 7) is 8.23. The van der Waals surface area contributed by atoms with E-state index in [1.54, 1.807) is 31.4 Å². The van der Waals surface area contributed by atoms with E-state index in [0.717, 1.165) is 50.9 Å². The predicted molar refractivity (Wildman–Crippen MR) is 105 cm³/mol. The highest BCUT2D eigenvalue weighted by Crippen LogP contribution is 2.10. The predicted octanol–water partition coefficient (Wildman–Crippen LogP) is 1.80. The fraction of sp³-hybridized carbons (Fsp3) is 0.579. The van der Waals surface area contributed by atoms with Gasteiger partial charge in [-0.1, -0.05) is 0 Å². The number of carbonyl (C=O) groups excluding carboxylic acids is 1. The van der Waals surface area contributed by atoms with Crippen molar-refractivity contribution in [3.63, 3.8) is 0 Å². The van der Waals surface area contributed by atoms with E-state index in [1.807, 2.05) is 13.8 Å². The average Bonchev–Trinajstić information content (AvgIpc) is 2.67. The number of methoxy groups -OCH3 is 1. The molecule has 0 saturated heterocycles. The van der Waals surface area contributed by atoms with Gasteiger partial charge in [0.2, 0.25) is 0 Å². The molecule has 1 aromatic carbocycles. The maximum atomic E-state index is 12.1. The standard InChI is InChI=1S/C19H32N4O3/c1-4-20-19(22-12-6-7-15-26-5-2)23-14-13-21-18(24)16-8-10-17(25-3)11-9-16/h8-11H,4-7,12-15H2,1-3H3,(H,21,24)(H2,20,22,23). The van der Waals surface area contributed by atoms with Crippen molar-refractivity contribution in [3.8, 4) is 5.75 Å². The van der Waals surface area contributed by atoms with Crippen molar-refractivity contribution in [1.82, 2.24) is 16.0 Å². The van der Waals surface area contributed by atoms with E-state index in [9.17, 15) is 4.79 Å². The van der Waals surface area contributed by atoms with Gasteiger partial charge in [0.25, 0.3) is 5.91 Å². The number of carbonyl (C=O) groups is 1. The van der Waals surface area contributed by atoms with Crippen molar-refractivity contribution in [3.05, 3.63) is 29.8 Å². The van der Waals surface area contributed by atoms with Crippen molar-refractivity contribution < 1.29 is 14.3 Å². The van der Waals surface area contributed by atoms with Crippen LogP contribution in [-0.2, 0) is 4.74 Å². The number of rotatable bonds is 12. The molecule has 0 unspecified atom stereocenters. The van der Waals surface area contributed by atoms with Crippen LogP contribution in [0, 0.1) is 0 Å². The number of ether oxygens (including phenoxy) is 2. The van der Waals surface area contributed by atoms with Gasteiger partial charge in [-0.25, -0.2) is 0 Å². The largest absolute Gasteiger partial charge is 0.497 e. The number of nitrogens with zero attached hydrogens (tertiary/aromatic N) is 1. The first kappa shape index (κ1) is 21.8. The van der Waals surface area contributed by atoms with Crippen LogP contribution in [0.2, 0.25) is 0 Å². The van der Waals surface area contributed by atoms with E-state index in [4.69, 9.17) is 9.47 Å². The molecule has 0 aromatic heterocycles. The van der Waals surface area contributed by atoms with Gasteiger partial charge in [-0.3, -0.25) is 9.79 Å². The van der Waals surface area contributed by atoms with Gasteiger partial charge >= 0.3 is 0 Å². The number of guanidine groups is 1. The molecular weight excluding hydrogens is 332 g/mol.